The summed E-state index contributed by atoms with van der Waals surface area (Å²) in [6.45, 7) is 0.908. The van der Waals surface area contributed by atoms with Crippen LogP contribution in [0.5, 0.6) is 0 Å². The van der Waals surface area contributed by atoms with E-state index in [-0.39, 0.29) is 5.72 Å². The third-order valence-corrected chi connectivity index (χ3v) is 4.79. The summed E-state index contributed by atoms with van der Waals surface area (Å²) in [6.07, 6.45) is 3.40. The van der Waals surface area contributed by atoms with Crippen LogP contribution in [0.15, 0.2) is 30.3 Å². The highest BCUT2D eigenvalue weighted by Crippen LogP contribution is 2.32. The second kappa shape index (κ2) is 5.01. The number of thioether (sulfide) groups is 1. The van der Waals surface area contributed by atoms with Crippen LogP contribution in [0.1, 0.15) is 18.4 Å². The summed E-state index contributed by atoms with van der Waals surface area (Å²) in [5, 5.41) is 3.73. The quantitative estimate of drug-likeness (QED) is 0.870. The summed E-state index contributed by atoms with van der Waals surface area (Å²) >= 11 is 2.00. The number of rotatable bonds is 2. The lowest BCUT2D eigenvalue weighted by Gasteiger charge is -2.39. The Kier molecular flexibility index (Phi) is 3.41. The zero-order chi connectivity index (χ0) is 11.6. The van der Waals surface area contributed by atoms with Crippen LogP contribution in [-0.4, -0.2) is 29.9 Å². The van der Waals surface area contributed by atoms with Gasteiger partial charge < -0.3 is 4.74 Å². The van der Waals surface area contributed by atoms with Gasteiger partial charge in [0.1, 0.15) is 5.72 Å². The number of benzene rings is 1. The molecule has 0 radical (unpaired) electrons. The molecule has 1 aromatic rings. The molecule has 2 fully saturated rings. The first-order valence-electron chi connectivity index (χ1n) is 6.40. The molecule has 2 atom stereocenters. The number of hydrogen-bond acceptors (Lipinski definition) is 3. The average Bonchev–Trinajstić information content (AvgIpc) is 2.79. The van der Waals surface area contributed by atoms with Crippen molar-refractivity contribution < 1.29 is 4.74 Å². The van der Waals surface area contributed by atoms with Crippen molar-refractivity contribution in [1.29, 1.82) is 0 Å². The fourth-order valence-corrected chi connectivity index (χ4v) is 3.97. The van der Waals surface area contributed by atoms with Crippen LogP contribution in [0, 0.1) is 0 Å². The Morgan fingerprint density at radius 1 is 1.35 bits per heavy atom. The lowest BCUT2D eigenvalue weighted by molar-refractivity contribution is -0.0914. The summed E-state index contributed by atoms with van der Waals surface area (Å²) in [6, 6.07) is 11.3. The number of hydrogen-bond donors (Lipinski definition) is 1. The Hall–Kier alpha value is -0.510. The zero-order valence-electron chi connectivity index (χ0n) is 10.0. The molecule has 2 nitrogen and oxygen atoms in total. The lowest BCUT2D eigenvalue weighted by atomic mass is 9.99. The molecule has 3 heteroatoms. The third kappa shape index (κ3) is 2.67. The SMILES string of the molecule is c1ccc(CC2CCOC3(CCSC3)N2)cc1. The minimum atomic E-state index is -0.0115. The fraction of sp³-hybridized carbons (Fsp3) is 0.571. The summed E-state index contributed by atoms with van der Waals surface area (Å²) in [5.74, 6) is 2.34. The van der Waals surface area contributed by atoms with Gasteiger partial charge in [0, 0.05) is 11.8 Å². The van der Waals surface area contributed by atoms with Crippen molar-refractivity contribution >= 4 is 11.8 Å². The average molecular weight is 249 g/mol. The van der Waals surface area contributed by atoms with Crippen molar-refractivity contribution in [3.8, 4) is 0 Å². The maximum Gasteiger partial charge on any atom is 0.129 e. The molecule has 0 bridgehead atoms. The van der Waals surface area contributed by atoms with E-state index in [1.165, 1.54) is 11.3 Å². The minimum absolute atomic E-state index is 0.0115. The highest BCUT2D eigenvalue weighted by Gasteiger charge is 2.39. The summed E-state index contributed by atoms with van der Waals surface area (Å²) in [5.41, 5.74) is 1.41. The van der Waals surface area contributed by atoms with E-state index in [1.807, 2.05) is 11.8 Å². The van der Waals surface area contributed by atoms with Crippen LogP contribution in [0.25, 0.3) is 0 Å². The first kappa shape index (κ1) is 11.6. The van der Waals surface area contributed by atoms with E-state index in [4.69, 9.17) is 4.74 Å². The van der Waals surface area contributed by atoms with Gasteiger partial charge in [0.2, 0.25) is 0 Å². The largest absolute Gasteiger partial charge is 0.360 e. The minimum Gasteiger partial charge on any atom is -0.360 e. The van der Waals surface area contributed by atoms with Gasteiger partial charge in [-0.05, 0) is 30.6 Å². The van der Waals surface area contributed by atoms with Crippen molar-refractivity contribution in [1.82, 2.24) is 5.32 Å². The molecule has 1 spiro atoms. The van der Waals surface area contributed by atoms with E-state index in [0.29, 0.717) is 6.04 Å². The van der Waals surface area contributed by atoms with Gasteiger partial charge in [-0.25, -0.2) is 0 Å². The highest BCUT2D eigenvalue weighted by atomic mass is 32.2. The monoisotopic (exact) mass is 249 g/mol. The Labute approximate surface area is 107 Å². The molecular weight excluding hydrogens is 230 g/mol. The first-order chi connectivity index (χ1) is 8.36. The van der Waals surface area contributed by atoms with Gasteiger partial charge in [-0.1, -0.05) is 30.3 Å². The van der Waals surface area contributed by atoms with E-state index in [1.54, 1.807) is 0 Å². The van der Waals surface area contributed by atoms with E-state index in [9.17, 15) is 0 Å². The highest BCUT2D eigenvalue weighted by molar-refractivity contribution is 7.99. The number of nitrogens with one attached hydrogen (secondary N) is 1. The van der Waals surface area contributed by atoms with Crippen LogP contribution < -0.4 is 5.32 Å². The van der Waals surface area contributed by atoms with Gasteiger partial charge in [-0.3, -0.25) is 5.32 Å². The predicted octanol–water partition coefficient (Wildman–Crippen LogP) is 2.44. The molecule has 2 aliphatic rings. The van der Waals surface area contributed by atoms with Crippen LogP contribution in [-0.2, 0) is 11.2 Å². The molecule has 0 amide bonds. The van der Waals surface area contributed by atoms with Crippen LogP contribution in [0.4, 0.5) is 0 Å². The van der Waals surface area contributed by atoms with Gasteiger partial charge in [-0.2, -0.15) is 11.8 Å². The maximum atomic E-state index is 5.96. The third-order valence-electron chi connectivity index (χ3n) is 3.62. The van der Waals surface area contributed by atoms with E-state index in [0.717, 1.165) is 31.6 Å². The van der Waals surface area contributed by atoms with Gasteiger partial charge in [-0.15, -0.1) is 0 Å². The Balaban J connectivity index is 1.64. The summed E-state index contributed by atoms with van der Waals surface area (Å²) < 4.78 is 5.96. The zero-order valence-corrected chi connectivity index (χ0v) is 10.8. The molecule has 0 aliphatic carbocycles. The summed E-state index contributed by atoms with van der Waals surface area (Å²) in [4.78, 5) is 0. The predicted molar refractivity (Wildman–Crippen MR) is 72.3 cm³/mol. The molecule has 0 aromatic heterocycles. The Morgan fingerprint density at radius 3 is 3.00 bits per heavy atom. The van der Waals surface area contributed by atoms with Gasteiger partial charge in [0.15, 0.2) is 0 Å². The van der Waals surface area contributed by atoms with E-state index < -0.39 is 0 Å². The van der Waals surface area contributed by atoms with Crippen molar-refractivity contribution in [3.05, 3.63) is 35.9 Å². The maximum absolute atomic E-state index is 5.96. The number of ether oxygens (including phenoxy) is 1. The van der Waals surface area contributed by atoms with Gasteiger partial charge in [0.25, 0.3) is 0 Å². The molecule has 0 saturated carbocycles. The molecule has 3 rings (SSSR count). The fourth-order valence-electron chi connectivity index (χ4n) is 2.71. The molecule has 2 heterocycles. The smallest absolute Gasteiger partial charge is 0.129 e. The van der Waals surface area contributed by atoms with Crippen LogP contribution in [0.3, 0.4) is 0 Å². The van der Waals surface area contributed by atoms with Crippen LogP contribution in [0.2, 0.25) is 0 Å². The molecule has 1 aromatic carbocycles. The van der Waals surface area contributed by atoms with Crippen molar-refractivity contribution in [2.45, 2.75) is 31.0 Å². The second-order valence-electron chi connectivity index (χ2n) is 4.96. The molecule has 2 aliphatic heterocycles. The topological polar surface area (TPSA) is 21.3 Å². The molecule has 2 saturated heterocycles. The van der Waals surface area contributed by atoms with Crippen molar-refractivity contribution in [2.24, 2.45) is 0 Å². The molecule has 92 valence electrons. The van der Waals surface area contributed by atoms with Crippen molar-refractivity contribution in [3.63, 3.8) is 0 Å². The lowest BCUT2D eigenvalue weighted by Crippen LogP contribution is -2.57. The molecule has 1 N–H and O–H groups in total. The normalized spacial score (nSPS) is 33.1. The summed E-state index contributed by atoms with van der Waals surface area (Å²) in [7, 11) is 0. The van der Waals surface area contributed by atoms with Gasteiger partial charge >= 0.3 is 0 Å². The molecule has 2 unspecified atom stereocenters. The second-order valence-corrected chi connectivity index (χ2v) is 6.07. The first-order valence-corrected chi connectivity index (χ1v) is 7.55. The van der Waals surface area contributed by atoms with Crippen molar-refractivity contribution in [2.75, 3.05) is 18.1 Å². The molecule has 17 heavy (non-hydrogen) atoms. The Morgan fingerprint density at radius 2 is 2.24 bits per heavy atom. The van der Waals surface area contributed by atoms with Gasteiger partial charge in [0.05, 0.1) is 6.61 Å². The van der Waals surface area contributed by atoms with E-state index in [2.05, 4.69) is 35.6 Å². The Bertz CT molecular complexity index is 362. The van der Waals surface area contributed by atoms with E-state index >= 15 is 0 Å². The molecular formula is C14H19NOS. The standard InChI is InChI=1S/C14H19NOS/c1-2-4-12(5-3-1)10-13-6-8-16-14(15-13)7-9-17-11-14/h1-5,13,15H,6-11H2. The van der Waals surface area contributed by atoms with Crippen LogP contribution >= 0.6 is 11.8 Å².